The van der Waals surface area contributed by atoms with Crippen LogP contribution >= 0.6 is 0 Å². The molecule has 1 aromatic rings. The van der Waals surface area contributed by atoms with Gasteiger partial charge >= 0.3 is 0 Å². The van der Waals surface area contributed by atoms with Crippen molar-refractivity contribution < 1.29 is 9.53 Å². The van der Waals surface area contributed by atoms with Gasteiger partial charge in [-0.15, -0.1) is 0 Å². The van der Waals surface area contributed by atoms with Gasteiger partial charge in [0.2, 0.25) is 5.91 Å². The minimum Gasteiger partial charge on any atom is -0.479 e. The van der Waals surface area contributed by atoms with Crippen molar-refractivity contribution >= 4 is 11.6 Å². The van der Waals surface area contributed by atoms with E-state index in [1.807, 2.05) is 19.9 Å². The van der Waals surface area contributed by atoms with E-state index in [4.69, 9.17) is 15.7 Å². The van der Waals surface area contributed by atoms with E-state index in [-0.39, 0.29) is 12.5 Å². The van der Waals surface area contributed by atoms with Crippen molar-refractivity contribution in [1.29, 1.82) is 5.26 Å². The average Bonchev–Trinajstić information content (AvgIpc) is 2.44. The number of carbonyl (C=O) groups excluding carboxylic acids is 1. The lowest BCUT2D eigenvalue weighted by atomic mass is 9.86. The van der Waals surface area contributed by atoms with Gasteiger partial charge in [-0.1, -0.05) is 13.0 Å². The molecule has 0 aromatic heterocycles. The molecule has 3 N–H and O–H groups in total. The monoisotopic (exact) mass is 261 g/mol. The summed E-state index contributed by atoms with van der Waals surface area (Å²) in [5, 5.41) is 11.3. The van der Waals surface area contributed by atoms with Gasteiger partial charge in [0.15, 0.2) is 6.61 Å². The molecule has 0 fully saturated rings. The fourth-order valence-electron chi connectivity index (χ4n) is 1.46. The molecular weight excluding hydrogens is 242 g/mol. The average molecular weight is 261 g/mol. The first-order valence-corrected chi connectivity index (χ1v) is 6.17. The molecule has 0 spiro atoms. The van der Waals surface area contributed by atoms with Gasteiger partial charge < -0.3 is 15.8 Å². The smallest absolute Gasteiger partial charge is 0.231 e. The number of anilines is 1. The second kappa shape index (κ2) is 6.76. The fraction of sp³-hybridized carbons (Fsp3) is 0.429. The van der Waals surface area contributed by atoms with E-state index in [1.54, 1.807) is 24.3 Å². The molecule has 0 bridgehead atoms. The highest BCUT2D eigenvalue weighted by Gasteiger charge is 2.29. The number of benzene rings is 1. The largest absolute Gasteiger partial charge is 0.479 e. The first kappa shape index (κ1) is 15.0. The number of hydrogen-bond acceptors (Lipinski definition) is 4. The number of nitrogens with two attached hydrogens (primary N) is 1. The number of ether oxygens (including phenoxy) is 1. The van der Waals surface area contributed by atoms with Crippen molar-refractivity contribution in [3.05, 3.63) is 24.3 Å². The van der Waals surface area contributed by atoms with Crippen molar-refractivity contribution in [3.8, 4) is 11.8 Å². The molecule has 1 amide bonds. The summed E-state index contributed by atoms with van der Waals surface area (Å²) in [6.45, 7) is 4.03. The summed E-state index contributed by atoms with van der Waals surface area (Å²) < 4.78 is 5.18. The minimum absolute atomic E-state index is 0.0210. The molecule has 1 rings (SSSR count). The molecule has 1 atom stereocenters. The summed E-state index contributed by atoms with van der Waals surface area (Å²) in [4.78, 5) is 12.1. The third kappa shape index (κ3) is 3.97. The Labute approximate surface area is 113 Å². The summed E-state index contributed by atoms with van der Waals surface area (Å²) in [6, 6.07) is 8.83. The first-order valence-electron chi connectivity index (χ1n) is 6.17. The maximum absolute atomic E-state index is 12.1. The van der Waals surface area contributed by atoms with Crippen molar-refractivity contribution in [2.24, 2.45) is 11.1 Å². The van der Waals surface area contributed by atoms with Crippen molar-refractivity contribution in [3.63, 3.8) is 0 Å². The third-order valence-corrected chi connectivity index (χ3v) is 3.17. The lowest BCUT2D eigenvalue weighted by Crippen LogP contribution is -2.39. The van der Waals surface area contributed by atoms with Crippen LogP contribution < -0.4 is 15.8 Å². The second-order valence-electron chi connectivity index (χ2n) is 4.55. The Morgan fingerprint density at radius 1 is 1.58 bits per heavy atom. The van der Waals surface area contributed by atoms with Crippen LogP contribution in [0.5, 0.6) is 5.75 Å². The van der Waals surface area contributed by atoms with Crippen LogP contribution in [0.1, 0.15) is 20.3 Å². The third-order valence-electron chi connectivity index (χ3n) is 3.17. The van der Waals surface area contributed by atoms with Gasteiger partial charge in [0.25, 0.3) is 0 Å². The molecule has 0 aliphatic rings. The Hall–Kier alpha value is -2.06. The molecule has 19 heavy (non-hydrogen) atoms. The topological polar surface area (TPSA) is 88.1 Å². The van der Waals surface area contributed by atoms with E-state index in [0.29, 0.717) is 24.4 Å². The predicted molar refractivity (Wildman–Crippen MR) is 73.6 cm³/mol. The SMILES string of the molecule is CCC(C)(CN)C(=O)Nc1cccc(OCC#N)c1. The van der Waals surface area contributed by atoms with E-state index < -0.39 is 5.41 Å². The number of nitrogens with one attached hydrogen (secondary N) is 1. The number of amides is 1. The fourth-order valence-corrected chi connectivity index (χ4v) is 1.46. The van der Waals surface area contributed by atoms with Gasteiger partial charge in [-0.2, -0.15) is 5.26 Å². The van der Waals surface area contributed by atoms with Crippen LogP contribution in [0.3, 0.4) is 0 Å². The number of carbonyl (C=O) groups is 1. The van der Waals surface area contributed by atoms with E-state index in [1.165, 1.54) is 0 Å². The van der Waals surface area contributed by atoms with E-state index in [9.17, 15) is 4.79 Å². The minimum atomic E-state index is -0.580. The van der Waals surface area contributed by atoms with Crippen molar-refractivity contribution in [1.82, 2.24) is 0 Å². The lowest BCUT2D eigenvalue weighted by molar-refractivity contribution is -0.124. The van der Waals surface area contributed by atoms with Gasteiger partial charge in [-0.3, -0.25) is 4.79 Å². The zero-order chi connectivity index (χ0) is 14.3. The highest BCUT2D eigenvalue weighted by atomic mass is 16.5. The van der Waals surface area contributed by atoms with Gasteiger partial charge in [-0.25, -0.2) is 0 Å². The maximum atomic E-state index is 12.1. The molecule has 5 nitrogen and oxygen atoms in total. The van der Waals surface area contributed by atoms with Crippen LogP contribution in [0, 0.1) is 16.7 Å². The summed E-state index contributed by atoms with van der Waals surface area (Å²) >= 11 is 0. The lowest BCUT2D eigenvalue weighted by Gasteiger charge is -2.25. The highest BCUT2D eigenvalue weighted by Crippen LogP contribution is 2.23. The number of nitriles is 1. The predicted octanol–water partition coefficient (Wildman–Crippen LogP) is 1.90. The Morgan fingerprint density at radius 3 is 2.89 bits per heavy atom. The van der Waals surface area contributed by atoms with Crippen LogP contribution in [0.25, 0.3) is 0 Å². The summed E-state index contributed by atoms with van der Waals surface area (Å²) in [6.07, 6.45) is 0.667. The van der Waals surface area contributed by atoms with E-state index >= 15 is 0 Å². The quantitative estimate of drug-likeness (QED) is 0.818. The number of nitrogens with zero attached hydrogens (tertiary/aromatic N) is 1. The molecule has 0 aliphatic heterocycles. The van der Waals surface area contributed by atoms with Gasteiger partial charge in [-0.05, 0) is 25.5 Å². The van der Waals surface area contributed by atoms with Crippen LogP contribution in [0.15, 0.2) is 24.3 Å². The van der Waals surface area contributed by atoms with E-state index in [2.05, 4.69) is 5.32 Å². The molecule has 5 heteroatoms. The Balaban J connectivity index is 2.77. The van der Waals surface area contributed by atoms with E-state index in [0.717, 1.165) is 0 Å². The summed E-state index contributed by atoms with van der Waals surface area (Å²) in [5.74, 6) is 0.431. The highest BCUT2D eigenvalue weighted by molar-refractivity contribution is 5.95. The van der Waals surface area contributed by atoms with Gasteiger partial charge in [0.05, 0.1) is 5.41 Å². The maximum Gasteiger partial charge on any atom is 0.231 e. The standard InChI is InChI=1S/C14H19N3O2/c1-3-14(2,10-16)13(18)17-11-5-4-6-12(9-11)19-8-7-15/h4-6,9H,3,8,10,16H2,1-2H3,(H,17,18). The molecule has 102 valence electrons. The van der Waals surface area contributed by atoms with Gasteiger partial charge in [0.1, 0.15) is 11.8 Å². The normalized spacial score (nSPS) is 13.2. The molecule has 0 heterocycles. The van der Waals surface area contributed by atoms with Crippen LogP contribution in [-0.4, -0.2) is 19.1 Å². The van der Waals surface area contributed by atoms with Crippen molar-refractivity contribution in [2.45, 2.75) is 20.3 Å². The van der Waals surface area contributed by atoms with Gasteiger partial charge in [0, 0.05) is 18.3 Å². The number of rotatable bonds is 6. The Morgan fingerprint density at radius 2 is 2.32 bits per heavy atom. The van der Waals surface area contributed by atoms with Crippen molar-refractivity contribution in [2.75, 3.05) is 18.5 Å². The summed E-state index contributed by atoms with van der Waals surface area (Å²) in [7, 11) is 0. The summed E-state index contributed by atoms with van der Waals surface area (Å²) in [5.41, 5.74) is 5.70. The molecule has 1 aromatic carbocycles. The molecule has 0 saturated carbocycles. The van der Waals surface area contributed by atoms with Crippen LogP contribution in [-0.2, 0) is 4.79 Å². The molecule has 0 aliphatic carbocycles. The zero-order valence-corrected chi connectivity index (χ0v) is 11.3. The van der Waals surface area contributed by atoms with Crippen LogP contribution in [0.2, 0.25) is 0 Å². The van der Waals surface area contributed by atoms with Crippen LogP contribution in [0.4, 0.5) is 5.69 Å². The molecule has 1 unspecified atom stereocenters. The first-order chi connectivity index (χ1) is 9.05. The molecule has 0 saturated heterocycles. The Bertz CT molecular complexity index is 476. The zero-order valence-electron chi connectivity index (χ0n) is 11.3. The second-order valence-corrected chi connectivity index (χ2v) is 4.55. The Kier molecular flexibility index (Phi) is 5.34. The molecule has 0 radical (unpaired) electrons. The number of hydrogen-bond donors (Lipinski definition) is 2. The molecular formula is C14H19N3O2.